The van der Waals surface area contributed by atoms with Gasteiger partial charge < -0.3 is 9.32 Å². The molecule has 1 heterocycles. The maximum atomic E-state index is 12.6. The van der Waals surface area contributed by atoms with E-state index in [4.69, 9.17) is 4.42 Å². The molecule has 3 rings (SSSR count). The minimum atomic E-state index is -4.33. The van der Waals surface area contributed by atoms with Crippen LogP contribution in [0.4, 0.5) is 13.2 Å². The second-order valence-corrected chi connectivity index (χ2v) is 5.74. The van der Waals surface area contributed by atoms with Crippen LogP contribution in [-0.2, 0) is 4.79 Å². The lowest BCUT2D eigenvalue weighted by Crippen LogP contribution is -2.41. The second-order valence-electron chi connectivity index (χ2n) is 5.74. The number of furan rings is 1. The molecule has 0 bridgehead atoms. The molecule has 2 aliphatic carbocycles. The zero-order chi connectivity index (χ0) is 14.3. The molecule has 3 nitrogen and oxygen atoms in total. The summed E-state index contributed by atoms with van der Waals surface area (Å²) in [6.07, 6.45) is -0.375. The van der Waals surface area contributed by atoms with Gasteiger partial charge in [0, 0.05) is 18.4 Å². The summed E-state index contributed by atoms with van der Waals surface area (Å²) >= 11 is 0. The number of nitrogens with zero attached hydrogens (tertiary/aromatic N) is 1. The molecule has 2 aliphatic rings. The van der Waals surface area contributed by atoms with Crippen molar-refractivity contribution in [1.82, 2.24) is 4.90 Å². The standard InChI is InChI=1S/C14H16F3NO2/c15-14(16,17)8-18(7-9-3-4-9)13(19)11-6-10(11)12-2-1-5-20-12/h1-2,5,9-11H,3-4,6-8H2/t10-,11-/m1/s1. The first kappa shape index (κ1) is 13.5. The number of carbonyl (C=O) groups is 1. The maximum absolute atomic E-state index is 12.6. The topological polar surface area (TPSA) is 33.5 Å². The molecule has 0 aromatic carbocycles. The summed E-state index contributed by atoms with van der Waals surface area (Å²) < 4.78 is 43.0. The van der Waals surface area contributed by atoms with Gasteiger partial charge in [0.2, 0.25) is 5.91 Å². The van der Waals surface area contributed by atoms with Crippen molar-refractivity contribution in [1.29, 1.82) is 0 Å². The Morgan fingerprint density at radius 2 is 2.15 bits per heavy atom. The van der Waals surface area contributed by atoms with Crippen LogP contribution in [0.3, 0.4) is 0 Å². The van der Waals surface area contributed by atoms with Crippen molar-refractivity contribution in [2.24, 2.45) is 11.8 Å². The zero-order valence-electron chi connectivity index (χ0n) is 10.9. The van der Waals surface area contributed by atoms with E-state index < -0.39 is 12.7 Å². The first-order valence-electron chi connectivity index (χ1n) is 6.83. The minimum Gasteiger partial charge on any atom is -0.469 e. The lowest BCUT2D eigenvalue weighted by molar-refractivity contribution is -0.162. The summed E-state index contributed by atoms with van der Waals surface area (Å²) in [5, 5.41) is 0. The number of hydrogen-bond donors (Lipinski definition) is 0. The Hall–Kier alpha value is -1.46. The zero-order valence-corrected chi connectivity index (χ0v) is 10.9. The molecule has 1 aromatic heterocycles. The molecule has 0 N–H and O–H groups in total. The van der Waals surface area contributed by atoms with Crippen molar-refractivity contribution >= 4 is 5.91 Å². The van der Waals surface area contributed by atoms with E-state index in [1.807, 2.05) is 0 Å². The van der Waals surface area contributed by atoms with Gasteiger partial charge in [-0.25, -0.2) is 0 Å². The average molecular weight is 287 g/mol. The van der Waals surface area contributed by atoms with Crippen molar-refractivity contribution in [2.45, 2.75) is 31.4 Å². The Kier molecular flexibility index (Phi) is 3.26. The van der Waals surface area contributed by atoms with Crippen LogP contribution in [-0.4, -0.2) is 30.1 Å². The molecule has 110 valence electrons. The first-order chi connectivity index (χ1) is 9.44. The predicted octanol–water partition coefficient (Wildman–Crippen LogP) is 3.18. The molecule has 1 aromatic rings. The lowest BCUT2D eigenvalue weighted by Gasteiger charge is -2.24. The third-order valence-electron chi connectivity index (χ3n) is 3.87. The van der Waals surface area contributed by atoms with E-state index in [-0.39, 0.29) is 30.2 Å². The fourth-order valence-corrected chi connectivity index (χ4v) is 2.58. The minimum absolute atomic E-state index is 0.0487. The Balaban J connectivity index is 1.63. The summed E-state index contributed by atoms with van der Waals surface area (Å²) in [7, 11) is 0. The third kappa shape index (κ3) is 3.16. The molecule has 0 saturated heterocycles. The van der Waals surface area contributed by atoms with E-state index in [9.17, 15) is 18.0 Å². The number of alkyl halides is 3. The number of rotatable bonds is 5. The highest BCUT2D eigenvalue weighted by Crippen LogP contribution is 2.49. The summed E-state index contributed by atoms with van der Waals surface area (Å²) in [5.74, 6) is 0.175. The van der Waals surface area contributed by atoms with Gasteiger partial charge in [0.15, 0.2) is 0 Å². The van der Waals surface area contributed by atoms with Crippen LogP contribution >= 0.6 is 0 Å². The number of amides is 1. The normalized spacial score (nSPS) is 25.6. The summed E-state index contributed by atoms with van der Waals surface area (Å²) in [6.45, 7) is -0.899. The van der Waals surface area contributed by atoms with Gasteiger partial charge in [-0.2, -0.15) is 13.2 Å². The van der Waals surface area contributed by atoms with Crippen LogP contribution < -0.4 is 0 Å². The molecule has 0 spiro atoms. The molecule has 6 heteroatoms. The van der Waals surface area contributed by atoms with Gasteiger partial charge in [-0.15, -0.1) is 0 Å². The molecule has 2 atom stereocenters. The van der Waals surface area contributed by atoms with E-state index in [1.54, 1.807) is 12.1 Å². The van der Waals surface area contributed by atoms with Gasteiger partial charge in [0.25, 0.3) is 0 Å². The third-order valence-corrected chi connectivity index (χ3v) is 3.87. The molecule has 0 radical (unpaired) electrons. The lowest BCUT2D eigenvalue weighted by atomic mass is 10.2. The molecular formula is C14H16F3NO2. The quantitative estimate of drug-likeness (QED) is 0.833. The van der Waals surface area contributed by atoms with Gasteiger partial charge in [0.05, 0.1) is 6.26 Å². The van der Waals surface area contributed by atoms with E-state index >= 15 is 0 Å². The van der Waals surface area contributed by atoms with Crippen LogP contribution in [0.1, 0.15) is 30.9 Å². The van der Waals surface area contributed by atoms with Gasteiger partial charge in [-0.1, -0.05) is 0 Å². The van der Waals surface area contributed by atoms with Crippen LogP contribution in [0.15, 0.2) is 22.8 Å². The molecular weight excluding hydrogens is 271 g/mol. The van der Waals surface area contributed by atoms with Crippen LogP contribution in [0.5, 0.6) is 0 Å². The fourth-order valence-electron chi connectivity index (χ4n) is 2.58. The highest BCUT2D eigenvalue weighted by Gasteiger charge is 2.49. The maximum Gasteiger partial charge on any atom is 0.406 e. The van der Waals surface area contributed by atoms with Crippen molar-refractivity contribution < 1.29 is 22.4 Å². The molecule has 2 saturated carbocycles. The smallest absolute Gasteiger partial charge is 0.406 e. The number of hydrogen-bond acceptors (Lipinski definition) is 2. The monoisotopic (exact) mass is 287 g/mol. The molecule has 20 heavy (non-hydrogen) atoms. The largest absolute Gasteiger partial charge is 0.469 e. The van der Waals surface area contributed by atoms with E-state index in [0.29, 0.717) is 12.2 Å². The van der Waals surface area contributed by atoms with Crippen LogP contribution in [0.2, 0.25) is 0 Å². The van der Waals surface area contributed by atoms with Gasteiger partial charge in [0.1, 0.15) is 12.3 Å². The summed E-state index contributed by atoms with van der Waals surface area (Å²) in [4.78, 5) is 13.2. The fraction of sp³-hybridized carbons (Fsp3) is 0.643. The number of carbonyl (C=O) groups excluding carboxylic acids is 1. The number of halogens is 3. The Labute approximate surface area is 114 Å². The highest BCUT2D eigenvalue weighted by molar-refractivity contribution is 5.83. The van der Waals surface area contributed by atoms with Crippen molar-refractivity contribution in [3.05, 3.63) is 24.2 Å². The van der Waals surface area contributed by atoms with Gasteiger partial charge >= 0.3 is 6.18 Å². The SMILES string of the molecule is O=C([C@@H]1C[C@H]1c1ccco1)N(CC1CC1)CC(F)(F)F. The summed E-state index contributed by atoms with van der Waals surface area (Å²) in [5.41, 5.74) is 0. The van der Waals surface area contributed by atoms with Crippen LogP contribution in [0, 0.1) is 11.8 Å². The van der Waals surface area contributed by atoms with Gasteiger partial charge in [-0.05, 0) is 37.3 Å². The molecule has 1 amide bonds. The average Bonchev–Trinajstić information content (AvgIpc) is 3.27. The van der Waals surface area contributed by atoms with Crippen molar-refractivity contribution in [3.8, 4) is 0 Å². The van der Waals surface area contributed by atoms with Crippen molar-refractivity contribution in [2.75, 3.05) is 13.1 Å². The molecule has 2 fully saturated rings. The highest BCUT2D eigenvalue weighted by atomic mass is 19.4. The van der Waals surface area contributed by atoms with Crippen LogP contribution in [0.25, 0.3) is 0 Å². The summed E-state index contributed by atoms with van der Waals surface area (Å²) in [6, 6.07) is 3.50. The first-order valence-corrected chi connectivity index (χ1v) is 6.83. The van der Waals surface area contributed by atoms with E-state index in [2.05, 4.69) is 0 Å². The molecule has 0 aliphatic heterocycles. The van der Waals surface area contributed by atoms with Crippen molar-refractivity contribution in [3.63, 3.8) is 0 Å². The Bertz CT molecular complexity index is 479. The second kappa shape index (κ2) is 4.82. The van der Waals surface area contributed by atoms with E-state index in [1.165, 1.54) is 6.26 Å². The van der Waals surface area contributed by atoms with Gasteiger partial charge in [-0.3, -0.25) is 4.79 Å². The molecule has 0 unspecified atom stereocenters. The Morgan fingerprint density at radius 3 is 2.70 bits per heavy atom. The van der Waals surface area contributed by atoms with E-state index in [0.717, 1.165) is 17.7 Å². The Morgan fingerprint density at radius 1 is 1.40 bits per heavy atom. The predicted molar refractivity (Wildman–Crippen MR) is 64.9 cm³/mol.